The number of rotatable bonds is 4. The predicted octanol–water partition coefficient (Wildman–Crippen LogP) is 1.90. The molecule has 56 valence electrons. The van der Waals surface area contributed by atoms with Gasteiger partial charge in [0, 0.05) is 5.92 Å². The summed E-state index contributed by atoms with van der Waals surface area (Å²) >= 11 is 0. The summed E-state index contributed by atoms with van der Waals surface area (Å²) < 4.78 is 0. The average molecular weight is 138 g/mol. The molecule has 0 aromatic heterocycles. The van der Waals surface area contributed by atoms with E-state index in [2.05, 4.69) is 18.9 Å². The van der Waals surface area contributed by atoms with Crippen LogP contribution < -0.4 is 0 Å². The molecule has 0 amide bonds. The molecule has 1 heteroatoms. The van der Waals surface area contributed by atoms with Gasteiger partial charge in [-0.15, -0.1) is 12.3 Å². The molecule has 0 aromatic rings. The molecule has 0 spiro atoms. The first-order valence-electron chi connectivity index (χ1n) is 3.34. The second-order valence-corrected chi connectivity index (χ2v) is 2.26. The molecule has 0 saturated carbocycles. The smallest absolute Gasteiger partial charge is 0.0505 e. The molecule has 0 fully saturated rings. The summed E-state index contributed by atoms with van der Waals surface area (Å²) in [5, 5.41) is 8.82. The second kappa shape index (κ2) is 5.04. The molecule has 0 aromatic carbocycles. The Morgan fingerprint density at radius 1 is 1.80 bits per heavy atom. The van der Waals surface area contributed by atoms with Crippen LogP contribution in [0.25, 0.3) is 0 Å². The zero-order valence-electron chi connectivity index (χ0n) is 6.43. The Labute approximate surface area is 62.4 Å². The molecule has 0 bridgehead atoms. The van der Waals surface area contributed by atoms with E-state index in [9.17, 15) is 0 Å². The molecular weight excluding hydrogens is 124 g/mol. The lowest BCUT2D eigenvalue weighted by Crippen LogP contribution is -2.05. The molecule has 1 nitrogen and oxygen atoms in total. The quantitative estimate of drug-likeness (QED) is 0.464. The van der Waals surface area contributed by atoms with Crippen LogP contribution in [-0.2, 0) is 0 Å². The largest absolute Gasteiger partial charge is 0.396 e. The van der Waals surface area contributed by atoms with Gasteiger partial charge < -0.3 is 5.11 Å². The lowest BCUT2D eigenvalue weighted by molar-refractivity contribution is 0.247. The minimum atomic E-state index is 0.153. The van der Waals surface area contributed by atoms with Crippen molar-refractivity contribution in [1.82, 2.24) is 0 Å². The molecule has 0 radical (unpaired) electrons. The van der Waals surface area contributed by atoms with Gasteiger partial charge in [-0.1, -0.05) is 12.7 Å². The fourth-order valence-corrected chi connectivity index (χ4v) is 0.734. The van der Waals surface area contributed by atoms with Gasteiger partial charge in [0.15, 0.2) is 0 Å². The maximum atomic E-state index is 8.82. The van der Waals surface area contributed by atoms with Crippen LogP contribution in [0.1, 0.15) is 13.3 Å². The fraction of sp³-hybridized carbons (Fsp3) is 0.444. The first-order chi connectivity index (χ1) is 4.76. The fourth-order valence-electron chi connectivity index (χ4n) is 0.734. The molecule has 1 atom stereocenters. The SMILES string of the molecule is C=C=C(C)C(CO)CC=C. The molecule has 0 heterocycles. The number of hydrogen-bond donors (Lipinski definition) is 1. The number of hydrogen-bond acceptors (Lipinski definition) is 1. The van der Waals surface area contributed by atoms with Gasteiger partial charge in [-0.2, -0.15) is 0 Å². The van der Waals surface area contributed by atoms with Crippen molar-refractivity contribution in [3.63, 3.8) is 0 Å². The monoisotopic (exact) mass is 138 g/mol. The minimum Gasteiger partial charge on any atom is -0.396 e. The Kier molecular flexibility index (Phi) is 4.65. The molecule has 1 unspecified atom stereocenters. The van der Waals surface area contributed by atoms with E-state index >= 15 is 0 Å². The van der Waals surface area contributed by atoms with Crippen LogP contribution in [0.3, 0.4) is 0 Å². The van der Waals surface area contributed by atoms with Crippen LogP contribution in [0.5, 0.6) is 0 Å². The maximum Gasteiger partial charge on any atom is 0.0505 e. The normalized spacial score (nSPS) is 11.8. The molecule has 1 N–H and O–H groups in total. The van der Waals surface area contributed by atoms with Crippen LogP contribution in [0, 0.1) is 5.92 Å². The Morgan fingerprint density at radius 2 is 2.40 bits per heavy atom. The van der Waals surface area contributed by atoms with Gasteiger partial charge in [-0.05, 0) is 18.9 Å². The third kappa shape index (κ3) is 2.67. The number of allylic oxidation sites excluding steroid dienone is 1. The summed E-state index contributed by atoms with van der Waals surface area (Å²) in [4.78, 5) is 0. The van der Waals surface area contributed by atoms with Gasteiger partial charge >= 0.3 is 0 Å². The highest BCUT2D eigenvalue weighted by atomic mass is 16.3. The first kappa shape index (κ1) is 9.22. The second-order valence-electron chi connectivity index (χ2n) is 2.26. The summed E-state index contributed by atoms with van der Waals surface area (Å²) in [5.74, 6) is 0.162. The number of aliphatic hydroxyl groups is 1. The third-order valence-electron chi connectivity index (χ3n) is 1.56. The van der Waals surface area contributed by atoms with E-state index in [0.29, 0.717) is 0 Å². The Balaban J connectivity index is 4.05. The molecule has 0 rings (SSSR count). The van der Waals surface area contributed by atoms with E-state index < -0.39 is 0 Å². The summed E-state index contributed by atoms with van der Waals surface area (Å²) in [7, 11) is 0. The Bertz CT molecular complexity index is 152. The summed E-state index contributed by atoms with van der Waals surface area (Å²) in [6.45, 7) is 9.16. The lowest BCUT2D eigenvalue weighted by Gasteiger charge is -2.09. The average Bonchev–Trinajstić information content (AvgIpc) is 1.99. The van der Waals surface area contributed by atoms with Gasteiger partial charge in [0.1, 0.15) is 0 Å². The van der Waals surface area contributed by atoms with Gasteiger partial charge in [0.2, 0.25) is 0 Å². The standard InChI is InChI=1S/C9H14O/c1-4-6-9(7-10)8(3)5-2/h4,9-10H,1-2,6-7H2,3H3. The third-order valence-corrected chi connectivity index (χ3v) is 1.56. The van der Waals surface area contributed by atoms with E-state index in [-0.39, 0.29) is 12.5 Å². The van der Waals surface area contributed by atoms with Crippen LogP contribution in [-0.4, -0.2) is 11.7 Å². The minimum absolute atomic E-state index is 0.153. The van der Waals surface area contributed by atoms with E-state index in [1.807, 2.05) is 6.92 Å². The van der Waals surface area contributed by atoms with E-state index in [1.165, 1.54) is 0 Å². The Morgan fingerprint density at radius 3 is 2.70 bits per heavy atom. The van der Waals surface area contributed by atoms with Crippen LogP contribution >= 0.6 is 0 Å². The molecule has 0 saturated heterocycles. The molecule has 0 aliphatic rings. The molecular formula is C9H14O. The van der Waals surface area contributed by atoms with Gasteiger partial charge in [-0.3, -0.25) is 0 Å². The highest BCUT2D eigenvalue weighted by Gasteiger charge is 2.05. The summed E-state index contributed by atoms with van der Waals surface area (Å²) in [5.41, 5.74) is 3.76. The van der Waals surface area contributed by atoms with Gasteiger partial charge in [0.05, 0.1) is 6.61 Å². The van der Waals surface area contributed by atoms with Crippen molar-refractivity contribution in [2.45, 2.75) is 13.3 Å². The van der Waals surface area contributed by atoms with E-state index in [1.54, 1.807) is 6.08 Å². The highest BCUT2D eigenvalue weighted by molar-refractivity contribution is 5.02. The summed E-state index contributed by atoms with van der Waals surface area (Å²) in [6, 6.07) is 0. The Hall–Kier alpha value is -0.780. The topological polar surface area (TPSA) is 20.2 Å². The van der Waals surface area contributed by atoms with Gasteiger partial charge in [-0.25, -0.2) is 0 Å². The summed E-state index contributed by atoms with van der Waals surface area (Å²) in [6.07, 6.45) is 2.59. The zero-order chi connectivity index (χ0) is 7.98. The predicted molar refractivity (Wildman–Crippen MR) is 43.7 cm³/mol. The number of aliphatic hydroxyl groups excluding tert-OH is 1. The first-order valence-corrected chi connectivity index (χ1v) is 3.34. The van der Waals surface area contributed by atoms with Crippen molar-refractivity contribution in [2.75, 3.05) is 6.61 Å². The maximum absolute atomic E-state index is 8.82. The lowest BCUT2D eigenvalue weighted by atomic mass is 9.99. The molecule has 0 aliphatic heterocycles. The van der Waals surface area contributed by atoms with Crippen molar-refractivity contribution in [1.29, 1.82) is 0 Å². The van der Waals surface area contributed by atoms with Crippen molar-refractivity contribution in [3.05, 3.63) is 30.5 Å². The van der Waals surface area contributed by atoms with Crippen molar-refractivity contribution in [3.8, 4) is 0 Å². The van der Waals surface area contributed by atoms with Gasteiger partial charge in [0.25, 0.3) is 0 Å². The van der Waals surface area contributed by atoms with Crippen LogP contribution in [0.15, 0.2) is 30.5 Å². The highest BCUT2D eigenvalue weighted by Crippen LogP contribution is 2.12. The molecule has 0 aliphatic carbocycles. The van der Waals surface area contributed by atoms with Crippen LogP contribution in [0.2, 0.25) is 0 Å². The molecule has 10 heavy (non-hydrogen) atoms. The van der Waals surface area contributed by atoms with Crippen LogP contribution in [0.4, 0.5) is 0 Å². The zero-order valence-corrected chi connectivity index (χ0v) is 6.43. The van der Waals surface area contributed by atoms with Crippen molar-refractivity contribution < 1.29 is 5.11 Å². The van der Waals surface area contributed by atoms with Crippen molar-refractivity contribution >= 4 is 0 Å². The van der Waals surface area contributed by atoms with Crippen molar-refractivity contribution in [2.24, 2.45) is 5.92 Å². The van der Waals surface area contributed by atoms with E-state index in [0.717, 1.165) is 12.0 Å². The van der Waals surface area contributed by atoms with E-state index in [4.69, 9.17) is 5.11 Å².